The molecule has 0 radical (unpaired) electrons. The summed E-state index contributed by atoms with van der Waals surface area (Å²) < 4.78 is 33.3. The van der Waals surface area contributed by atoms with Crippen molar-refractivity contribution in [1.82, 2.24) is 4.90 Å². The fourth-order valence-electron chi connectivity index (χ4n) is 2.49. The van der Waals surface area contributed by atoms with Gasteiger partial charge in [-0.05, 0) is 56.3 Å². The highest BCUT2D eigenvalue weighted by Crippen LogP contribution is 2.25. The first-order chi connectivity index (χ1) is 13.7. The van der Waals surface area contributed by atoms with Crippen LogP contribution in [0.2, 0.25) is 5.02 Å². The topological polar surface area (TPSA) is 99.5 Å². The maximum Gasteiger partial charge on any atom is 0.261 e. The smallest absolute Gasteiger partial charge is 0.261 e. The van der Waals surface area contributed by atoms with Crippen molar-refractivity contribution in [3.05, 3.63) is 53.1 Å². The van der Waals surface area contributed by atoms with Crippen LogP contribution < -0.4 is 9.46 Å². The largest absolute Gasteiger partial charge is 0.494 e. The summed E-state index contributed by atoms with van der Waals surface area (Å²) in [5, 5.41) is 8.95. The summed E-state index contributed by atoms with van der Waals surface area (Å²) in [6.07, 6.45) is 0.150. The van der Waals surface area contributed by atoms with E-state index in [4.69, 9.17) is 21.6 Å². The average molecular weight is 436 g/mol. The van der Waals surface area contributed by atoms with Gasteiger partial charge < -0.3 is 9.64 Å². The van der Waals surface area contributed by atoms with Crippen LogP contribution in [0.5, 0.6) is 5.75 Å². The molecule has 1 amide bonds. The number of ether oxygens (including phenoxy) is 1. The molecule has 2 rings (SSSR count). The van der Waals surface area contributed by atoms with Crippen molar-refractivity contribution in [1.29, 1.82) is 5.26 Å². The lowest BCUT2D eigenvalue weighted by atomic mass is 10.1. The van der Waals surface area contributed by atoms with Gasteiger partial charge in [0.15, 0.2) is 0 Å². The summed E-state index contributed by atoms with van der Waals surface area (Å²) in [4.78, 5) is 14.0. The Morgan fingerprint density at radius 3 is 2.52 bits per heavy atom. The van der Waals surface area contributed by atoms with Gasteiger partial charge in [-0.15, -0.1) is 0 Å². The van der Waals surface area contributed by atoms with Crippen molar-refractivity contribution in [2.45, 2.75) is 31.2 Å². The Morgan fingerprint density at radius 2 is 1.93 bits per heavy atom. The number of sulfonamides is 1. The first kappa shape index (κ1) is 22.5. The first-order valence-electron chi connectivity index (χ1n) is 8.89. The van der Waals surface area contributed by atoms with E-state index >= 15 is 0 Å². The third-order valence-corrected chi connectivity index (χ3v) is 5.97. The molecule has 154 valence electrons. The molecule has 0 bridgehead atoms. The molecule has 7 nitrogen and oxygen atoms in total. The van der Waals surface area contributed by atoms with E-state index in [0.29, 0.717) is 18.0 Å². The molecular weight excluding hydrogens is 414 g/mol. The molecule has 0 saturated heterocycles. The van der Waals surface area contributed by atoms with Crippen LogP contribution in [0, 0.1) is 11.3 Å². The zero-order valence-electron chi connectivity index (χ0n) is 16.3. The molecule has 0 aliphatic heterocycles. The third kappa shape index (κ3) is 5.62. The van der Waals surface area contributed by atoms with Gasteiger partial charge in [-0.25, -0.2) is 8.42 Å². The Bertz CT molecular complexity index is 1020. The number of hydrogen-bond acceptors (Lipinski definition) is 5. The normalized spacial score (nSPS) is 12.0. The molecule has 0 aliphatic carbocycles. The van der Waals surface area contributed by atoms with Crippen molar-refractivity contribution in [2.75, 3.05) is 18.4 Å². The van der Waals surface area contributed by atoms with Gasteiger partial charge in [0.2, 0.25) is 0 Å². The molecule has 0 aromatic heterocycles. The molecule has 1 atom stereocenters. The van der Waals surface area contributed by atoms with E-state index in [-0.39, 0.29) is 27.9 Å². The number of amides is 1. The van der Waals surface area contributed by atoms with Crippen LogP contribution in [-0.2, 0) is 10.0 Å². The van der Waals surface area contributed by atoms with Crippen LogP contribution in [0.3, 0.4) is 0 Å². The molecule has 0 heterocycles. The fraction of sp³-hybridized carbons (Fsp3) is 0.300. The van der Waals surface area contributed by atoms with Gasteiger partial charge in [0.25, 0.3) is 15.9 Å². The van der Waals surface area contributed by atoms with E-state index in [1.807, 2.05) is 13.0 Å². The van der Waals surface area contributed by atoms with E-state index in [2.05, 4.69) is 4.72 Å². The lowest BCUT2D eigenvalue weighted by Crippen LogP contribution is -2.35. The molecule has 9 heteroatoms. The predicted octanol–water partition coefficient (Wildman–Crippen LogP) is 3.91. The molecule has 0 saturated carbocycles. The minimum atomic E-state index is -3.94. The molecule has 2 aromatic rings. The number of carbonyl (C=O) groups excluding carboxylic acids is 1. The van der Waals surface area contributed by atoms with Gasteiger partial charge in [0.05, 0.1) is 34.6 Å². The summed E-state index contributed by atoms with van der Waals surface area (Å²) in [6, 6.07) is 12.1. The van der Waals surface area contributed by atoms with Gasteiger partial charge in [-0.1, -0.05) is 11.6 Å². The molecule has 0 fully saturated rings. The summed E-state index contributed by atoms with van der Waals surface area (Å²) >= 11 is 6.13. The molecule has 2 aromatic carbocycles. The van der Waals surface area contributed by atoms with Crippen molar-refractivity contribution < 1.29 is 17.9 Å². The number of nitrogens with one attached hydrogen (secondary N) is 1. The van der Waals surface area contributed by atoms with Crippen LogP contribution in [0.25, 0.3) is 0 Å². The Kier molecular flexibility index (Phi) is 7.48. The van der Waals surface area contributed by atoms with Crippen LogP contribution in [0.15, 0.2) is 47.4 Å². The lowest BCUT2D eigenvalue weighted by molar-refractivity contribution is 0.0746. The van der Waals surface area contributed by atoms with E-state index in [0.717, 1.165) is 0 Å². The molecule has 0 aliphatic rings. The number of rotatable bonds is 8. The van der Waals surface area contributed by atoms with Crippen molar-refractivity contribution in [3.63, 3.8) is 0 Å². The average Bonchev–Trinajstić information content (AvgIpc) is 2.68. The number of nitriles is 1. The van der Waals surface area contributed by atoms with E-state index in [1.165, 1.54) is 23.1 Å². The Balaban J connectivity index is 2.29. The van der Waals surface area contributed by atoms with Crippen molar-refractivity contribution in [3.8, 4) is 11.8 Å². The lowest BCUT2D eigenvalue weighted by Gasteiger charge is -2.23. The summed E-state index contributed by atoms with van der Waals surface area (Å²) in [6.45, 7) is 4.09. The van der Waals surface area contributed by atoms with Gasteiger partial charge in [-0.3, -0.25) is 9.52 Å². The number of halogens is 1. The minimum absolute atomic E-state index is 0.0496. The van der Waals surface area contributed by atoms with Crippen molar-refractivity contribution >= 4 is 33.2 Å². The van der Waals surface area contributed by atoms with E-state index in [1.54, 1.807) is 38.2 Å². The molecule has 1 N–H and O–H groups in total. The van der Waals surface area contributed by atoms with Crippen LogP contribution >= 0.6 is 11.6 Å². The first-order valence-corrected chi connectivity index (χ1v) is 10.7. The van der Waals surface area contributed by atoms with E-state index < -0.39 is 15.9 Å². The second-order valence-electron chi connectivity index (χ2n) is 6.33. The number of nitrogens with zero attached hydrogens (tertiary/aromatic N) is 2. The Hall–Kier alpha value is -2.76. The summed E-state index contributed by atoms with van der Waals surface area (Å²) in [5.41, 5.74) is 0.407. The maximum atomic E-state index is 12.8. The van der Waals surface area contributed by atoms with Gasteiger partial charge >= 0.3 is 0 Å². The van der Waals surface area contributed by atoms with E-state index in [9.17, 15) is 13.2 Å². The minimum Gasteiger partial charge on any atom is -0.494 e. The van der Waals surface area contributed by atoms with Crippen molar-refractivity contribution in [2.24, 2.45) is 0 Å². The van der Waals surface area contributed by atoms with Gasteiger partial charge in [0, 0.05) is 18.8 Å². The predicted molar refractivity (Wildman–Crippen MR) is 112 cm³/mol. The second-order valence-corrected chi connectivity index (χ2v) is 8.42. The number of carbonyl (C=O) groups is 1. The zero-order valence-corrected chi connectivity index (χ0v) is 17.9. The van der Waals surface area contributed by atoms with Crippen LogP contribution in [0.4, 0.5) is 5.69 Å². The maximum absolute atomic E-state index is 12.8. The van der Waals surface area contributed by atoms with Gasteiger partial charge in [0.1, 0.15) is 5.75 Å². The SMILES string of the molecule is CCOc1ccc(NS(=O)(=O)c2ccc(Cl)c(C(=O)N(C)C(C)CC#N)c2)cc1. The molecule has 0 spiro atoms. The second kappa shape index (κ2) is 9.63. The summed E-state index contributed by atoms with van der Waals surface area (Å²) in [5.74, 6) is 0.167. The molecule has 1 unspecified atom stereocenters. The molecule has 29 heavy (non-hydrogen) atoms. The summed E-state index contributed by atoms with van der Waals surface area (Å²) in [7, 11) is -2.40. The quantitative estimate of drug-likeness (QED) is 0.677. The fourth-order valence-corrected chi connectivity index (χ4v) is 3.78. The number of hydrogen-bond donors (Lipinski definition) is 1. The Morgan fingerprint density at radius 1 is 1.28 bits per heavy atom. The standard InChI is InChI=1S/C20H22ClN3O4S/c1-4-28-16-7-5-15(6-8-16)23-29(26,27)17-9-10-19(21)18(13-17)20(25)24(3)14(2)11-12-22/h5-10,13-14,23H,4,11H2,1-3H3. The number of anilines is 1. The molecular formula is C20H22ClN3O4S. The highest BCUT2D eigenvalue weighted by molar-refractivity contribution is 7.92. The monoisotopic (exact) mass is 435 g/mol. The number of benzene rings is 2. The highest BCUT2D eigenvalue weighted by Gasteiger charge is 2.23. The zero-order chi connectivity index (χ0) is 21.6. The third-order valence-electron chi connectivity index (χ3n) is 4.26. The van der Waals surface area contributed by atoms with Crippen LogP contribution in [0.1, 0.15) is 30.6 Å². The Labute approximate surface area is 175 Å². The van der Waals surface area contributed by atoms with Gasteiger partial charge in [-0.2, -0.15) is 5.26 Å². The highest BCUT2D eigenvalue weighted by atomic mass is 35.5. The van der Waals surface area contributed by atoms with Crippen LogP contribution in [-0.4, -0.2) is 38.9 Å².